The van der Waals surface area contributed by atoms with Crippen LogP contribution in [0.1, 0.15) is 30.1 Å². The highest BCUT2D eigenvalue weighted by Gasteiger charge is 2.20. The van der Waals surface area contributed by atoms with Gasteiger partial charge in [0.15, 0.2) is 0 Å². The molecule has 1 amide bonds. The normalized spacial score (nSPS) is 16.2. The number of carbonyl (C=O) groups is 1. The Hall–Kier alpha value is -2.15. The molecule has 25 heavy (non-hydrogen) atoms. The monoisotopic (exact) mass is 344 g/mol. The summed E-state index contributed by atoms with van der Waals surface area (Å²) < 4.78 is 3.99. The Labute approximate surface area is 149 Å². The summed E-state index contributed by atoms with van der Waals surface area (Å²) in [6.07, 6.45) is 5.33. The summed E-state index contributed by atoms with van der Waals surface area (Å²) in [6.45, 7) is 9.06. The van der Waals surface area contributed by atoms with Crippen molar-refractivity contribution < 1.29 is 4.79 Å². The van der Waals surface area contributed by atoms with E-state index in [2.05, 4.69) is 19.5 Å². The third kappa shape index (κ3) is 4.48. The molecular weight excluding hydrogens is 316 g/mol. The highest BCUT2D eigenvalue weighted by Crippen LogP contribution is 2.10. The average Bonchev–Trinajstić information content (AvgIpc) is 3.02. The van der Waals surface area contributed by atoms with E-state index >= 15 is 0 Å². The Morgan fingerprint density at radius 2 is 2.04 bits per heavy atom. The Morgan fingerprint density at radius 3 is 2.72 bits per heavy atom. The van der Waals surface area contributed by atoms with Gasteiger partial charge in [0.25, 0.3) is 0 Å². The molecule has 0 aliphatic carbocycles. The second kappa shape index (κ2) is 7.82. The predicted molar refractivity (Wildman–Crippen MR) is 96.0 cm³/mol. The van der Waals surface area contributed by atoms with Gasteiger partial charge in [-0.25, -0.2) is 4.98 Å². The molecule has 1 aliphatic heterocycles. The van der Waals surface area contributed by atoms with E-state index in [0.717, 1.165) is 56.4 Å². The van der Waals surface area contributed by atoms with Crippen LogP contribution >= 0.6 is 0 Å². The highest BCUT2D eigenvalue weighted by molar-refractivity contribution is 5.76. The van der Waals surface area contributed by atoms with E-state index in [1.807, 2.05) is 48.9 Å². The fraction of sp³-hybridized carbons (Fsp3) is 0.611. The average molecular weight is 344 g/mol. The van der Waals surface area contributed by atoms with Crippen LogP contribution in [-0.2, 0) is 24.9 Å². The molecule has 1 saturated heterocycles. The van der Waals surface area contributed by atoms with E-state index in [1.165, 1.54) is 0 Å². The van der Waals surface area contributed by atoms with E-state index in [0.29, 0.717) is 13.0 Å². The molecular formula is C18H28N6O. The van der Waals surface area contributed by atoms with Crippen molar-refractivity contribution in [2.45, 2.75) is 39.8 Å². The molecule has 3 heterocycles. The predicted octanol–water partition coefficient (Wildman–Crippen LogP) is 1.36. The van der Waals surface area contributed by atoms with Gasteiger partial charge in [0.05, 0.1) is 12.2 Å². The lowest BCUT2D eigenvalue weighted by molar-refractivity contribution is -0.131. The number of aryl methyl sites for hydroxylation is 4. The van der Waals surface area contributed by atoms with E-state index in [-0.39, 0.29) is 5.91 Å². The molecule has 3 rings (SSSR count). The largest absolute Gasteiger partial charge is 0.341 e. The Balaban J connectivity index is 1.49. The topological polar surface area (TPSA) is 59.2 Å². The smallest absolute Gasteiger partial charge is 0.224 e. The first-order valence-corrected chi connectivity index (χ1v) is 9.00. The third-order valence-corrected chi connectivity index (χ3v) is 4.87. The number of amides is 1. The van der Waals surface area contributed by atoms with Crippen molar-refractivity contribution in [2.75, 3.05) is 26.2 Å². The zero-order chi connectivity index (χ0) is 17.8. The minimum Gasteiger partial charge on any atom is -0.341 e. The first-order chi connectivity index (χ1) is 12.0. The standard InChI is InChI=1S/C18H28N6O/c1-15-13-16(2)24(20-15)9-5-18(25)23-8-4-7-22(11-12-23)14-17-19-6-10-21(17)3/h6,10,13H,4-5,7-9,11-12,14H2,1-3H3. The quantitative estimate of drug-likeness (QED) is 0.822. The molecule has 2 aromatic rings. The van der Waals surface area contributed by atoms with Crippen LogP contribution in [0.15, 0.2) is 18.5 Å². The summed E-state index contributed by atoms with van der Waals surface area (Å²) >= 11 is 0. The van der Waals surface area contributed by atoms with E-state index in [4.69, 9.17) is 0 Å². The Bertz CT molecular complexity index is 719. The minimum atomic E-state index is 0.228. The number of aromatic nitrogens is 4. The van der Waals surface area contributed by atoms with Crippen molar-refractivity contribution in [3.8, 4) is 0 Å². The molecule has 0 saturated carbocycles. The van der Waals surface area contributed by atoms with Crippen molar-refractivity contribution in [3.63, 3.8) is 0 Å². The zero-order valence-corrected chi connectivity index (χ0v) is 15.5. The highest BCUT2D eigenvalue weighted by atomic mass is 16.2. The van der Waals surface area contributed by atoms with Crippen molar-refractivity contribution in [1.29, 1.82) is 0 Å². The van der Waals surface area contributed by atoms with Gasteiger partial charge in [0.2, 0.25) is 5.91 Å². The lowest BCUT2D eigenvalue weighted by Crippen LogP contribution is -2.35. The fourth-order valence-electron chi connectivity index (χ4n) is 3.39. The second-order valence-electron chi connectivity index (χ2n) is 6.87. The van der Waals surface area contributed by atoms with Crippen LogP contribution in [-0.4, -0.2) is 61.2 Å². The van der Waals surface area contributed by atoms with Crippen LogP contribution in [0.4, 0.5) is 0 Å². The Morgan fingerprint density at radius 1 is 1.20 bits per heavy atom. The molecule has 0 bridgehead atoms. The van der Waals surface area contributed by atoms with E-state index in [1.54, 1.807) is 0 Å². The first kappa shape index (κ1) is 17.7. The maximum atomic E-state index is 12.6. The van der Waals surface area contributed by atoms with Crippen LogP contribution in [0.2, 0.25) is 0 Å². The summed E-state index contributed by atoms with van der Waals surface area (Å²) in [5.41, 5.74) is 2.12. The van der Waals surface area contributed by atoms with Gasteiger partial charge in [-0.3, -0.25) is 14.4 Å². The molecule has 1 fully saturated rings. The first-order valence-electron chi connectivity index (χ1n) is 9.00. The number of rotatable bonds is 5. The molecule has 7 nitrogen and oxygen atoms in total. The maximum absolute atomic E-state index is 12.6. The number of hydrogen-bond acceptors (Lipinski definition) is 4. The molecule has 1 aliphatic rings. The molecule has 2 aromatic heterocycles. The van der Waals surface area contributed by atoms with Gasteiger partial charge >= 0.3 is 0 Å². The SMILES string of the molecule is Cc1cc(C)n(CCC(=O)N2CCCN(Cc3nccn3C)CC2)n1. The molecule has 0 aromatic carbocycles. The number of imidazole rings is 1. The number of carbonyl (C=O) groups excluding carboxylic acids is 1. The van der Waals surface area contributed by atoms with Gasteiger partial charge in [-0.15, -0.1) is 0 Å². The van der Waals surface area contributed by atoms with Crippen molar-refractivity contribution in [2.24, 2.45) is 7.05 Å². The van der Waals surface area contributed by atoms with Gasteiger partial charge in [-0.05, 0) is 26.3 Å². The number of hydrogen-bond donors (Lipinski definition) is 0. The molecule has 0 radical (unpaired) electrons. The third-order valence-electron chi connectivity index (χ3n) is 4.87. The van der Waals surface area contributed by atoms with Crippen LogP contribution in [0, 0.1) is 13.8 Å². The van der Waals surface area contributed by atoms with Crippen LogP contribution < -0.4 is 0 Å². The zero-order valence-electron chi connectivity index (χ0n) is 15.5. The van der Waals surface area contributed by atoms with Crippen molar-refractivity contribution in [1.82, 2.24) is 29.1 Å². The van der Waals surface area contributed by atoms with Gasteiger partial charge in [0, 0.05) is 64.3 Å². The maximum Gasteiger partial charge on any atom is 0.224 e. The Kier molecular flexibility index (Phi) is 5.53. The summed E-state index contributed by atoms with van der Waals surface area (Å²) in [4.78, 5) is 21.4. The molecule has 0 atom stereocenters. The molecule has 0 unspecified atom stereocenters. The molecule has 7 heteroatoms. The van der Waals surface area contributed by atoms with E-state index < -0.39 is 0 Å². The summed E-state index contributed by atoms with van der Waals surface area (Å²) in [6, 6.07) is 2.05. The fourth-order valence-corrected chi connectivity index (χ4v) is 3.39. The van der Waals surface area contributed by atoms with Gasteiger partial charge in [0.1, 0.15) is 5.82 Å². The minimum absolute atomic E-state index is 0.228. The summed E-state index contributed by atoms with van der Waals surface area (Å²) in [5.74, 6) is 1.30. The molecule has 0 spiro atoms. The van der Waals surface area contributed by atoms with Crippen LogP contribution in [0.5, 0.6) is 0 Å². The van der Waals surface area contributed by atoms with Gasteiger partial charge in [-0.2, -0.15) is 5.10 Å². The lowest BCUT2D eigenvalue weighted by atomic mass is 10.3. The number of nitrogens with zero attached hydrogens (tertiary/aromatic N) is 6. The van der Waals surface area contributed by atoms with Gasteiger partial charge < -0.3 is 9.47 Å². The van der Waals surface area contributed by atoms with Crippen molar-refractivity contribution in [3.05, 3.63) is 35.7 Å². The van der Waals surface area contributed by atoms with Gasteiger partial charge in [-0.1, -0.05) is 0 Å². The lowest BCUT2D eigenvalue weighted by Gasteiger charge is -2.22. The summed E-state index contributed by atoms with van der Waals surface area (Å²) in [7, 11) is 2.02. The van der Waals surface area contributed by atoms with Crippen LogP contribution in [0.25, 0.3) is 0 Å². The van der Waals surface area contributed by atoms with Crippen molar-refractivity contribution >= 4 is 5.91 Å². The van der Waals surface area contributed by atoms with Crippen LogP contribution in [0.3, 0.4) is 0 Å². The molecule has 136 valence electrons. The molecule has 0 N–H and O–H groups in total. The van der Waals surface area contributed by atoms with E-state index in [9.17, 15) is 4.79 Å². The summed E-state index contributed by atoms with van der Waals surface area (Å²) in [5, 5.41) is 4.44. The second-order valence-corrected chi connectivity index (χ2v) is 6.87.